The lowest BCUT2D eigenvalue weighted by molar-refractivity contribution is 0.223. The second-order valence-electron chi connectivity index (χ2n) is 5.27. The van der Waals surface area contributed by atoms with Gasteiger partial charge in [0.25, 0.3) is 0 Å². The molecule has 0 amide bonds. The lowest BCUT2D eigenvalue weighted by Gasteiger charge is -2.10. The van der Waals surface area contributed by atoms with Crippen molar-refractivity contribution in [2.45, 2.75) is 38.7 Å². The Balaban J connectivity index is 1.94. The van der Waals surface area contributed by atoms with Crippen LogP contribution in [0.5, 0.6) is 0 Å². The largest absolute Gasteiger partial charge is 0.383 e. The molecule has 1 aromatic heterocycles. The van der Waals surface area contributed by atoms with Gasteiger partial charge in [0, 0.05) is 9.75 Å². The van der Waals surface area contributed by atoms with Crippen molar-refractivity contribution in [1.82, 2.24) is 0 Å². The summed E-state index contributed by atoms with van der Waals surface area (Å²) in [7, 11) is 0. The van der Waals surface area contributed by atoms with E-state index in [4.69, 9.17) is 0 Å². The van der Waals surface area contributed by atoms with E-state index in [1.807, 2.05) is 13.0 Å². The Morgan fingerprint density at radius 2 is 1.95 bits per heavy atom. The van der Waals surface area contributed by atoms with Crippen LogP contribution in [-0.2, 0) is 12.8 Å². The van der Waals surface area contributed by atoms with Crippen LogP contribution in [0.25, 0.3) is 0 Å². The maximum Gasteiger partial charge on any atom is 0.123 e. The van der Waals surface area contributed by atoms with Crippen LogP contribution in [0, 0.1) is 12.7 Å². The van der Waals surface area contributed by atoms with Gasteiger partial charge in [0.15, 0.2) is 0 Å². The molecule has 0 spiro atoms. The standard InChI is InChI=1S/C16H17FOS/c1-10-6-12(8-13(17)7-10)16(18)15-9-11-4-2-3-5-14(11)19-15/h6-9,16,18H,2-5H2,1H3. The van der Waals surface area contributed by atoms with Gasteiger partial charge in [-0.2, -0.15) is 0 Å². The average Bonchev–Trinajstić information content (AvgIpc) is 2.80. The van der Waals surface area contributed by atoms with Gasteiger partial charge >= 0.3 is 0 Å². The van der Waals surface area contributed by atoms with Crippen molar-refractivity contribution in [3.63, 3.8) is 0 Å². The zero-order valence-corrected chi connectivity index (χ0v) is 11.8. The summed E-state index contributed by atoms with van der Waals surface area (Å²) in [6, 6.07) is 6.86. The number of hydrogen-bond donors (Lipinski definition) is 1. The summed E-state index contributed by atoms with van der Waals surface area (Å²) in [5.41, 5.74) is 2.87. The van der Waals surface area contributed by atoms with E-state index in [-0.39, 0.29) is 5.82 Å². The van der Waals surface area contributed by atoms with Crippen molar-refractivity contribution < 1.29 is 9.50 Å². The Kier molecular flexibility index (Phi) is 3.42. The molecule has 1 N–H and O–H groups in total. The molecule has 1 aliphatic carbocycles. The summed E-state index contributed by atoms with van der Waals surface area (Å²) < 4.78 is 13.4. The van der Waals surface area contributed by atoms with Gasteiger partial charge in [0.05, 0.1) is 0 Å². The molecule has 0 saturated heterocycles. The minimum absolute atomic E-state index is 0.282. The van der Waals surface area contributed by atoms with E-state index in [9.17, 15) is 9.50 Å². The molecule has 19 heavy (non-hydrogen) atoms. The molecule has 0 bridgehead atoms. The van der Waals surface area contributed by atoms with Crippen molar-refractivity contribution in [3.8, 4) is 0 Å². The van der Waals surface area contributed by atoms with E-state index in [1.165, 1.54) is 35.4 Å². The van der Waals surface area contributed by atoms with Gasteiger partial charge in [-0.05, 0) is 67.5 Å². The molecule has 1 nitrogen and oxygen atoms in total. The number of aliphatic hydroxyl groups is 1. The maximum absolute atomic E-state index is 13.4. The van der Waals surface area contributed by atoms with Gasteiger partial charge < -0.3 is 5.11 Å². The summed E-state index contributed by atoms with van der Waals surface area (Å²) in [4.78, 5) is 2.34. The highest BCUT2D eigenvalue weighted by molar-refractivity contribution is 7.12. The number of halogens is 1. The fraction of sp³-hybridized carbons (Fsp3) is 0.375. The number of fused-ring (bicyclic) bond motifs is 1. The van der Waals surface area contributed by atoms with Gasteiger partial charge in [0.2, 0.25) is 0 Å². The third-order valence-corrected chi connectivity index (χ3v) is 4.95. The molecule has 1 aromatic carbocycles. The molecule has 1 aliphatic rings. The van der Waals surface area contributed by atoms with Crippen LogP contribution < -0.4 is 0 Å². The number of aliphatic hydroxyl groups excluding tert-OH is 1. The van der Waals surface area contributed by atoms with E-state index in [0.717, 1.165) is 23.3 Å². The Bertz CT molecular complexity index is 559. The second-order valence-corrected chi connectivity index (χ2v) is 6.44. The Labute approximate surface area is 116 Å². The molecule has 0 radical (unpaired) electrons. The second kappa shape index (κ2) is 5.06. The zero-order valence-electron chi connectivity index (χ0n) is 10.9. The van der Waals surface area contributed by atoms with Crippen LogP contribution in [0.4, 0.5) is 4.39 Å². The fourth-order valence-corrected chi connectivity index (χ4v) is 4.01. The van der Waals surface area contributed by atoms with Crippen LogP contribution in [0.2, 0.25) is 0 Å². The molecule has 100 valence electrons. The van der Waals surface area contributed by atoms with E-state index in [0.29, 0.717) is 5.56 Å². The zero-order chi connectivity index (χ0) is 13.4. The molecule has 1 unspecified atom stereocenters. The van der Waals surface area contributed by atoms with E-state index < -0.39 is 6.10 Å². The first-order valence-electron chi connectivity index (χ1n) is 6.70. The molecule has 1 atom stereocenters. The quantitative estimate of drug-likeness (QED) is 0.873. The van der Waals surface area contributed by atoms with Crippen molar-refractivity contribution in [2.24, 2.45) is 0 Å². The molecular formula is C16H17FOS. The first-order valence-corrected chi connectivity index (χ1v) is 7.52. The molecule has 0 fully saturated rings. The summed E-state index contributed by atoms with van der Waals surface area (Å²) >= 11 is 1.68. The molecular weight excluding hydrogens is 259 g/mol. The van der Waals surface area contributed by atoms with Crippen molar-refractivity contribution in [3.05, 3.63) is 56.5 Å². The highest BCUT2D eigenvalue weighted by Crippen LogP contribution is 2.35. The fourth-order valence-electron chi connectivity index (χ4n) is 2.74. The van der Waals surface area contributed by atoms with Crippen molar-refractivity contribution >= 4 is 11.3 Å². The molecule has 3 rings (SSSR count). The van der Waals surface area contributed by atoms with E-state index in [1.54, 1.807) is 11.3 Å². The first kappa shape index (κ1) is 12.8. The smallest absolute Gasteiger partial charge is 0.123 e. The Morgan fingerprint density at radius 1 is 1.16 bits per heavy atom. The topological polar surface area (TPSA) is 20.2 Å². The van der Waals surface area contributed by atoms with E-state index in [2.05, 4.69) is 6.07 Å². The summed E-state index contributed by atoms with van der Waals surface area (Å²) in [5, 5.41) is 10.4. The number of hydrogen-bond acceptors (Lipinski definition) is 2. The highest BCUT2D eigenvalue weighted by Gasteiger charge is 2.19. The molecule has 3 heteroatoms. The third kappa shape index (κ3) is 2.58. The SMILES string of the molecule is Cc1cc(F)cc(C(O)c2cc3c(s2)CCCC3)c1. The number of rotatable bonds is 2. The minimum atomic E-state index is -0.704. The van der Waals surface area contributed by atoms with Crippen LogP contribution in [0.15, 0.2) is 24.3 Å². The van der Waals surface area contributed by atoms with Crippen LogP contribution in [0.1, 0.15) is 45.4 Å². The van der Waals surface area contributed by atoms with Crippen molar-refractivity contribution in [1.29, 1.82) is 0 Å². The first-order chi connectivity index (χ1) is 9.13. The predicted octanol–water partition coefficient (Wildman–Crippen LogP) is 4.16. The Morgan fingerprint density at radius 3 is 2.68 bits per heavy atom. The highest BCUT2D eigenvalue weighted by atomic mass is 32.1. The third-order valence-electron chi connectivity index (χ3n) is 3.67. The average molecular weight is 276 g/mol. The summed E-state index contributed by atoms with van der Waals surface area (Å²) in [5.74, 6) is -0.282. The minimum Gasteiger partial charge on any atom is -0.383 e. The molecule has 0 aliphatic heterocycles. The van der Waals surface area contributed by atoms with Gasteiger partial charge in [-0.1, -0.05) is 6.07 Å². The lowest BCUT2D eigenvalue weighted by atomic mass is 9.98. The summed E-state index contributed by atoms with van der Waals surface area (Å²) in [6.45, 7) is 1.85. The van der Waals surface area contributed by atoms with Crippen molar-refractivity contribution in [2.75, 3.05) is 0 Å². The van der Waals surface area contributed by atoms with Gasteiger partial charge in [-0.3, -0.25) is 0 Å². The lowest BCUT2D eigenvalue weighted by Crippen LogP contribution is -1.98. The number of benzene rings is 1. The number of thiophene rings is 1. The predicted molar refractivity (Wildman–Crippen MR) is 76.2 cm³/mol. The van der Waals surface area contributed by atoms with Crippen LogP contribution >= 0.6 is 11.3 Å². The molecule has 2 aromatic rings. The van der Waals surface area contributed by atoms with Gasteiger partial charge in [-0.15, -0.1) is 11.3 Å². The molecule has 1 heterocycles. The Hall–Kier alpha value is -1.19. The van der Waals surface area contributed by atoms with E-state index >= 15 is 0 Å². The normalized spacial score (nSPS) is 16.2. The maximum atomic E-state index is 13.4. The summed E-state index contributed by atoms with van der Waals surface area (Å²) in [6.07, 6.45) is 4.00. The molecule has 0 saturated carbocycles. The van der Waals surface area contributed by atoms with Crippen LogP contribution in [0.3, 0.4) is 0 Å². The van der Waals surface area contributed by atoms with Gasteiger partial charge in [0.1, 0.15) is 11.9 Å². The van der Waals surface area contributed by atoms with Crippen LogP contribution in [-0.4, -0.2) is 5.11 Å². The van der Waals surface area contributed by atoms with Gasteiger partial charge in [-0.25, -0.2) is 4.39 Å². The monoisotopic (exact) mass is 276 g/mol. The number of aryl methyl sites for hydroxylation is 3.